The molecule has 0 radical (unpaired) electrons. The molecule has 16 heavy (non-hydrogen) atoms. The second-order valence-corrected chi connectivity index (χ2v) is 6.39. The third-order valence-corrected chi connectivity index (χ3v) is 3.86. The summed E-state index contributed by atoms with van der Waals surface area (Å²) in [7, 11) is -3.52. The lowest BCUT2D eigenvalue weighted by Crippen LogP contribution is -2.18. The quantitative estimate of drug-likeness (QED) is 0.887. The number of sulfone groups is 1. The summed E-state index contributed by atoms with van der Waals surface area (Å²) in [5.74, 6) is -0.375. The van der Waals surface area contributed by atoms with E-state index >= 15 is 0 Å². The highest BCUT2D eigenvalue weighted by molar-refractivity contribution is 7.91. The fourth-order valence-corrected chi connectivity index (χ4v) is 2.75. The fraction of sp³-hybridized carbons (Fsp3) is 0.455. The SMILES string of the molecule is CC(C)(F)CCS(=O)(=O)c1cccc(O)c1. The van der Waals surface area contributed by atoms with Crippen molar-refractivity contribution in [2.45, 2.75) is 30.8 Å². The van der Waals surface area contributed by atoms with E-state index in [9.17, 15) is 12.8 Å². The number of alkyl halides is 1. The summed E-state index contributed by atoms with van der Waals surface area (Å²) in [6, 6.07) is 5.39. The van der Waals surface area contributed by atoms with Gasteiger partial charge in [-0.2, -0.15) is 0 Å². The van der Waals surface area contributed by atoms with Gasteiger partial charge < -0.3 is 5.11 Å². The summed E-state index contributed by atoms with van der Waals surface area (Å²) in [5.41, 5.74) is -1.51. The monoisotopic (exact) mass is 246 g/mol. The summed E-state index contributed by atoms with van der Waals surface area (Å²) in [4.78, 5) is 0.0248. The summed E-state index contributed by atoms with van der Waals surface area (Å²) in [6.07, 6.45) is -0.0645. The van der Waals surface area contributed by atoms with Crippen LogP contribution >= 0.6 is 0 Å². The van der Waals surface area contributed by atoms with Gasteiger partial charge in [0.15, 0.2) is 9.84 Å². The van der Waals surface area contributed by atoms with Gasteiger partial charge in [-0.15, -0.1) is 0 Å². The van der Waals surface area contributed by atoms with Crippen molar-refractivity contribution >= 4 is 9.84 Å². The van der Waals surface area contributed by atoms with Gasteiger partial charge in [-0.1, -0.05) is 6.07 Å². The first-order chi connectivity index (χ1) is 7.21. The lowest BCUT2D eigenvalue weighted by molar-refractivity contribution is 0.211. The first-order valence-electron chi connectivity index (χ1n) is 4.91. The molecule has 0 saturated carbocycles. The molecule has 90 valence electrons. The van der Waals surface area contributed by atoms with Crippen LogP contribution < -0.4 is 0 Å². The third-order valence-electron chi connectivity index (χ3n) is 2.14. The van der Waals surface area contributed by atoms with Crippen LogP contribution in [0.3, 0.4) is 0 Å². The minimum absolute atomic E-state index is 0.0248. The van der Waals surface area contributed by atoms with Crippen LogP contribution in [-0.2, 0) is 9.84 Å². The molecule has 0 saturated heterocycles. The average Bonchev–Trinajstić information content (AvgIpc) is 2.14. The molecule has 1 aromatic rings. The zero-order chi connectivity index (χ0) is 12.4. The van der Waals surface area contributed by atoms with Gasteiger partial charge in [-0.05, 0) is 38.5 Å². The van der Waals surface area contributed by atoms with Crippen molar-refractivity contribution in [2.75, 3.05) is 5.75 Å². The highest BCUT2D eigenvalue weighted by Crippen LogP contribution is 2.21. The van der Waals surface area contributed by atoms with Gasteiger partial charge in [-0.3, -0.25) is 0 Å². The normalized spacial score (nSPS) is 12.7. The number of phenolic OH excluding ortho intramolecular Hbond substituents is 1. The predicted molar refractivity (Wildman–Crippen MR) is 60.0 cm³/mol. The Balaban J connectivity index is 2.87. The van der Waals surface area contributed by atoms with Crippen LogP contribution in [-0.4, -0.2) is 24.9 Å². The van der Waals surface area contributed by atoms with Gasteiger partial charge >= 0.3 is 0 Å². The third kappa shape index (κ3) is 3.81. The van der Waals surface area contributed by atoms with E-state index in [-0.39, 0.29) is 22.8 Å². The number of hydrogen-bond acceptors (Lipinski definition) is 3. The first-order valence-corrected chi connectivity index (χ1v) is 6.57. The van der Waals surface area contributed by atoms with Gasteiger partial charge in [0.25, 0.3) is 0 Å². The number of phenols is 1. The molecule has 0 amide bonds. The summed E-state index contributed by atoms with van der Waals surface area (Å²) in [5, 5.41) is 9.17. The van der Waals surface area contributed by atoms with Crippen molar-refractivity contribution in [3.63, 3.8) is 0 Å². The molecule has 1 N–H and O–H groups in total. The molecule has 0 atom stereocenters. The number of benzene rings is 1. The standard InChI is InChI=1S/C11H15FO3S/c1-11(2,12)6-7-16(14,15)10-5-3-4-9(13)8-10/h3-5,8,13H,6-7H2,1-2H3. The Bertz CT molecular complexity index is 460. The topological polar surface area (TPSA) is 54.4 Å². The first kappa shape index (κ1) is 13.0. The van der Waals surface area contributed by atoms with Crippen LogP contribution in [0.5, 0.6) is 5.75 Å². The molecular weight excluding hydrogens is 231 g/mol. The Morgan fingerprint density at radius 3 is 2.50 bits per heavy atom. The Morgan fingerprint density at radius 2 is 2.00 bits per heavy atom. The van der Waals surface area contributed by atoms with E-state index in [2.05, 4.69) is 0 Å². The smallest absolute Gasteiger partial charge is 0.178 e. The largest absolute Gasteiger partial charge is 0.508 e. The Morgan fingerprint density at radius 1 is 1.38 bits per heavy atom. The van der Waals surface area contributed by atoms with E-state index < -0.39 is 15.5 Å². The maximum atomic E-state index is 13.2. The number of aromatic hydroxyl groups is 1. The van der Waals surface area contributed by atoms with Crippen LogP contribution in [0.4, 0.5) is 4.39 Å². The zero-order valence-electron chi connectivity index (χ0n) is 9.27. The molecule has 0 aromatic heterocycles. The molecule has 0 aliphatic rings. The van der Waals surface area contributed by atoms with E-state index in [1.54, 1.807) is 0 Å². The molecule has 1 aromatic carbocycles. The molecule has 0 unspecified atom stereocenters. The molecule has 0 spiro atoms. The van der Waals surface area contributed by atoms with Crippen LogP contribution in [0.2, 0.25) is 0 Å². The van der Waals surface area contributed by atoms with Gasteiger partial charge in [0, 0.05) is 0 Å². The van der Waals surface area contributed by atoms with E-state index in [0.717, 1.165) is 0 Å². The van der Waals surface area contributed by atoms with Crippen molar-refractivity contribution in [3.05, 3.63) is 24.3 Å². The van der Waals surface area contributed by atoms with E-state index in [1.165, 1.54) is 38.1 Å². The minimum Gasteiger partial charge on any atom is -0.508 e. The van der Waals surface area contributed by atoms with Crippen LogP contribution in [0.15, 0.2) is 29.2 Å². The molecule has 0 aliphatic heterocycles. The second kappa shape index (κ2) is 4.41. The maximum Gasteiger partial charge on any atom is 0.178 e. The molecule has 1 rings (SSSR count). The van der Waals surface area contributed by atoms with Gasteiger partial charge in [-0.25, -0.2) is 12.8 Å². The molecule has 0 aliphatic carbocycles. The molecule has 0 fully saturated rings. The summed E-state index contributed by atoms with van der Waals surface area (Å²) >= 11 is 0. The summed E-state index contributed by atoms with van der Waals surface area (Å²) in [6.45, 7) is 2.68. The number of hydrogen-bond donors (Lipinski definition) is 1. The van der Waals surface area contributed by atoms with E-state index in [1.807, 2.05) is 0 Å². The average molecular weight is 246 g/mol. The molecule has 3 nitrogen and oxygen atoms in total. The molecule has 5 heteroatoms. The second-order valence-electron chi connectivity index (χ2n) is 4.28. The Hall–Kier alpha value is -1.10. The number of halogens is 1. The van der Waals surface area contributed by atoms with Crippen molar-refractivity contribution in [3.8, 4) is 5.75 Å². The van der Waals surface area contributed by atoms with Crippen molar-refractivity contribution in [1.29, 1.82) is 0 Å². The van der Waals surface area contributed by atoms with E-state index in [4.69, 9.17) is 5.11 Å². The van der Waals surface area contributed by atoms with Gasteiger partial charge in [0.05, 0.1) is 10.6 Å². The lowest BCUT2D eigenvalue weighted by atomic mass is 10.1. The van der Waals surface area contributed by atoms with Crippen molar-refractivity contribution in [1.82, 2.24) is 0 Å². The lowest BCUT2D eigenvalue weighted by Gasteiger charge is -2.13. The predicted octanol–water partition coefficient (Wildman–Crippen LogP) is 2.30. The highest BCUT2D eigenvalue weighted by atomic mass is 32.2. The highest BCUT2D eigenvalue weighted by Gasteiger charge is 2.22. The van der Waals surface area contributed by atoms with Crippen molar-refractivity contribution < 1.29 is 17.9 Å². The van der Waals surface area contributed by atoms with Crippen LogP contribution in [0.1, 0.15) is 20.3 Å². The Kier molecular flexibility index (Phi) is 3.57. The van der Waals surface area contributed by atoms with Crippen LogP contribution in [0.25, 0.3) is 0 Å². The maximum absolute atomic E-state index is 13.2. The van der Waals surface area contributed by atoms with Crippen LogP contribution in [0, 0.1) is 0 Å². The zero-order valence-corrected chi connectivity index (χ0v) is 10.1. The minimum atomic E-state index is -3.52. The molecule has 0 bridgehead atoms. The number of rotatable bonds is 4. The molecule has 0 heterocycles. The van der Waals surface area contributed by atoms with Gasteiger partial charge in [0.1, 0.15) is 11.4 Å². The summed E-state index contributed by atoms with van der Waals surface area (Å²) < 4.78 is 36.7. The fourth-order valence-electron chi connectivity index (χ4n) is 1.17. The van der Waals surface area contributed by atoms with E-state index in [0.29, 0.717) is 0 Å². The van der Waals surface area contributed by atoms with Gasteiger partial charge in [0.2, 0.25) is 0 Å². The molecular formula is C11H15FO3S. The Labute approximate surface area is 94.8 Å². The van der Waals surface area contributed by atoms with Crippen molar-refractivity contribution in [2.24, 2.45) is 0 Å².